The summed E-state index contributed by atoms with van der Waals surface area (Å²) < 4.78 is 0. The van der Waals surface area contributed by atoms with Crippen molar-refractivity contribution in [2.24, 2.45) is 0 Å². The standard InChI is InChI=1S/C15H19N3O/c16-11-12-4-3-7-14(10-12)18-15(19)8-9-17-13-5-1-2-6-13/h3-4,7,10,13,17H,1-2,5-6,8-9H2,(H,18,19). The second kappa shape index (κ2) is 6.91. The number of carbonyl (C=O) groups is 1. The summed E-state index contributed by atoms with van der Waals surface area (Å²) in [4.78, 5) is 11.8. The Labute approximate surface area is 113 Å². The predicted octanol–water partition coefficient (Wildman–Crippen LogP) is 2.42. The molecule has 2 N–H and O–H groups in total. The second-order valence-electron chi connectivity index (χ2n) is 4.93. The molecule has 0 aliphatic heterocycles. The van der Waals surface area contributed by atoms with Crippen molar-refractivity contribution in [3.63, 3.8) is 0 Å². The summed E-state index contributed by atoms with van der Waals surface area (Å²) in [5, 5.41) is 15.0. The molecule has 19 heavy (non-hydrogen) atoms. The van der Waals surface area contributed by atoms with Gasteiger partial charge in [0.15, 0.2) is 0 Å². The minimum Gasteiger partial charge on any atom is -0.326 e. The highest BCUT2D eigenvalue weighted by Crippen LogP contribution is 2.17. The lowest BCUT2D eigenvalue weighted by molar-refractivity contribution is -0.116. The summed E-state index contributed by atoms with van der Waals surface area (Å²) in [7, 11) is 0. The maximum Gasteiger partial charge on any atom is 0.225 e. The van der Waals surface area contributed by atoms with Crippen LogP contribution in [0.5, 0.6) is 0 Å². The van der Waals surface area contributed by atoms with Gasteiger partial charge in [-0.3, -0.25) is 4.79 Å². The van der Waals surface area contributed by atoms with Crippen molar-refractivity contribution in [3.8, 4) is 6.07 Å². The Morgan fingerprint density at radius 3 is 2.89 bits per heavy atom. The van der Waals surface area contributed by atoms with Gasteiger partial charge in [-0.15, -0.1) is 0 Å². The minimum absolute atomic E-state index is 0.0133. The molecule has 0 radical (unpaired) electrons. The van der Waals surface area contributed by atoms with Crippen LogP contribution in [-0.4, -0.2) is 18.5 Å². The highest BCUT2D eigenvalue weighted by Gasteiger charge is 2.14. The predicted molar refractivity (Wildman–Crippen MR) is 74.7 cm³/mol. The monoisotopic (exact) mass is 257 g/mol. The number of benzene rings is 1. The average molecular weight is 257 g/mol. The van der Waals surface area contributed by atoms with E-state index < -0.39 is 0 Å². The van der Waals surface area contributed by atoms with Crippen molar-refractivity contribution in [1.82, 2.24) is 5.32 Å². The van der Waals surface area contributed by atoms with Crippen LogP contribution < -0.4 is 10.6 Å². The molecule has 0 heterocycles. The van der Waals surface area contributed by atoms with E-state index in [2.05, 4.69) is 16.7 Å². The highest BCUT2D eigenvalue weighted by molar-refractivity contribution is 5.90. The van der Waals surface area contributed by atoms with Gasteiger partial charge >= 0.3 is 0 Å². The number of nitrogens with one attached hydrogen (secondary N) is 2. The van der Waals surface area contributed by atoms with E-state index in [0.29, 0.717) is 30.3 Å². The van der Waals surface area contributed by atoms with Crippen molar-refractivity contribution in [3.05, 3.63) is 29.8 Å². The Hall–Kier alpha value is -1.86. The molecule has 0 spiro atoms. The first-order valence-electron chi connectivity index (χ1n) is 6.81. The van der Waals surface area contributed by atoms with E-state index in [0.717, 1.165) is 0 Å². The first-order valence-corrected chi connectivity index (χ1v) is 6.81. The number of carbonyl (C=O) groups excluding carboxylic acids is 1. The summed E-state index contributed by atoms with van der Waals surface area (Å²) in [6.45, 7) is 0.717. The summed E-state index contributed by atoms with van der Waals surface area (Å²) in [6.07, 6.45) is 5.51. The van der Waals surface area contributed by atoms with Gasteiger partial charge in [0, 0.05) is 24.7 Å². The molecular weight excluding hydrogens is 238 g/mol. The lowest BCUT2D eigenvalue weighted by atomic mass is 10.2. The van der Waals surface area contributed by atoms with Gasteiger partial charge in [0.1, 0.15) is 0 Å². The first-order chi connectivity index (χ1) is 9.28. The quantitative estimate of drug-likeness (QED) is 0.851. The van der Waals surface area contributed by atoms with Crippen molar-refractivity contribution >= 4 is 11.6 Å². The summed E-state index contributed by atoms with van der Waals surface area (Å²) in [5.74, 6) is -0.0133. The smallest absolute Gasteiger partial charge is 0.225 e. The number of rotatable bonds is 5. The van der Waals surface area contributed by atoms with E-state index in [1.807, 2.05) is 0 Å². The van der Waals surface area contributed by atoms with Crippen LogP contribution in [0.15, 0.2) is 24.3 Å². The largest absolute Gasteiger partial charge is 0.326 e. The molecule has 4 heteroatoms. The van der Waals surface area contributed by atoms with Gasteiger partial charge in [0.25, 0.3) is 0 Å². The zero-order valence-electron chi connectivity index (χ0n) is 11.0. The molecule has 1 aromatic carbocycles. The molecule has 0 saturated heterocycles. The molecule has 1 amide bonds. The summed E-state index contributed by atoms with van der Waals surface area (Å²) in [5.41, 5.74) is 1.24. The van der Waals surface area contributed by atoms with E-state index in [1.54, 1.807) is 24.3 Å². The van der Waals surface area contributed by atoms with Crippen LogP contribution in [-0.2, 0) is 4.79 Å². The van der Waals surface area contributed by atoms with Crippen molar-refractivity contribution in [2.45, 2.75) is 38.1 Å². The number of nitriles is 1. The summed E-state index contributed by atoms with van der Waals surface area (Å²) >= 11 is 0. The second-order valence-corrected chi connectivity index (χ2v) is 4.93. The molecule has 0 aromatic heterocycles. The molecule has 100 valence electrons. The van der Waals surface area contributed by atoms with Crippen LogP contribution >= 0.6 is 0 Å². The fraction of sp³-hybridized carbons (Fsp3) is 0.467. The van der Waals surface area contributed by atoms with Crippen LogP contribution in [0.2, 0.25) is 0 Å². The highest BCUT2D eigenvalue weighted by atomic mass is 16.1. The Bertz CT molecular complexity index is 473. The van der Waals surface area contributed by atoms with E-state index in [9.17, 15) is 4.79 Å². The third kappa shape index (κ3) is 4.38. The lowest BCUT2D eigenvalue weighted by Crippen LogP contribution is -2.29. The van der Waals surface area contributed by atoms with E-state index in [-0.39, 0.29) is 5.91 Å². The lowest BCUT2D eigenvalue weighted by Gasteiger charge is -2.11. The molecule has 1 aliphatic rings. The molecule has 0 unspecified atom stereocenters. The van der Waals surface area contributed by atoms with Gasteiger partial charge in [0.2, 0.25) is 5.91 Å². The van der Waals surface area contributed by atoms with Crippen molar-refractivity contribution < 1.29 is 4.79 Å². The summed E-state index contributed by atoms with van der Waals surface area (Å²) in [6, 6.07) is 9.62. The molecule has 4 nitrogen and oxygen atoms in total. The number of amides is 1. The zero-order valence-corrected chi connectivity index (χ0v) is 11.0. The van der Waals surface area contributed by atoms with Crippen LogP contribution in [0.1, 0.15) is 37.7 Å². The molecule has 1 fully saturated rings. The normalized spacial score (nSPS) is 15.1. The number of nitrogens with zero attached hydrogens (tertiary/aromatic N) is 1. The minimum atomic E-state index is -0.0133. The Morgan fingerprint density at radius 2 is 2.16 bits per heavy atom. The molecule has 0 bridgehead atoms. The van der Waals surface area contributed by atoms with Crippen LogP contribution in [0.3, 0.4) is 0 Å². The molecule has 1 aromatic rings. The Kier molecular flexibility index (Phi) is 4.93. The third-order valence-corrected chi connectivity index (χ3v) is 3.42. The van der Waals surface area contributed by atoms with Gasteiger partial charge in [-0.1, -0.05) is 18.9 Å². The SMILES string of the molecule is N#Cc1cccc(NC(=O)CCNC2CCCC2)c1. The fourth-order valence-corrected chi connectivity index (χ4v) is 2.41. The third-order valence-electron chi connectivity index (χ3n) is 3.42. The average Bonchev–Trinajstić information content (AvgIpc) is 2.92. The topological polar surface area (TPSA) is 64.9 Å². The van der Waals surface area contributed by atoms with Crippen LogP contribution in [0.4, 0.5) is 5.69 Å². The van der Waals surface area contributed by atoms with Gasteiger partial charge in [-0.05, 0) is 31.0 Å². The van der Waals surface area contributed by atoms with Crippen molar-refractivity contribution in [1.29, 1.82) is 5.26 Å². The van der Waals surface area contributed by atoms with Crippen LogP contribution in [0, 0.1) is 11.3 Å². The van der Waals surface area contributed by atoms with E-state index >= 15 is 0 Å². The molecule has 1 aliphatic carbocycles. The molecule has 1 saturated carbocycles. The Balaban J connectivity index is 1.72. The van der Waals surface area contributed by atoms with Gasteiger partial charge < -0.3 is 10.6 Å². The van der Waals surface area contributed by atoms with Gasteiger partial charge in [0.05, 0.1) is 11.6 Å². The maximum absolute atomic E-state index is 11.8. The number of hydrogen-bond acceptors (Lipinski definition) is 3. The maximum atomic E-state index is 11.8. The van der Waals surface area contributed by atoms with Gasteiger partial charge in [-0.2, -0.15) is 5.26 Å². The number of anilines is 1. The van der Waals surface area contributed by atoms with E-state index in [4.69, 9.17) is 5.26 Å². The Morgan fingerprint density at radius 1 is 1.37 bits per heavy atom. The molecular formula is C15H19N3O. The van der Waals surface area contributed by atoms with Crippen molar-refractivity contribution in [2.75, 3.05) is 11.9 Å². The first kappa shape index (κ1) is 13.6. The zero-order chi connectivity index (χ0) is 13.5. The van der Waals surface area contributed by atoms with Crippen LogP contribution in [0.25, 0.3) is 0 Å². The molecule has 0 atom stereocenters. The fourth-order valence-electron chi connectivity index (χ4n) is 2.41. The molecule has 2 rings (SSSR count). The number of hydrogen-bond donors (Lipinski definition) is 2. The van der Waals surface area contributed by atoms with Gasteiger partial charge in [-0.25, -0.2) is 0 Å². The van der Waals surface area contributed by atoms with E-state index in [1.165, 1.54) is 25.7 Å².